The summed E-state index contributed by atoms with van der Waals surface area (Å²) in [6.45, 7) is 0. The molecule has 2 heterocycles. The number of nitrogens with one attached hydrogen (secondary N) is 2. The molecule has 0 aliphatic heterocycles. The number of hydrogen-bond acceptors (Lipinski definition) is 5. The lowest BCUT2D eigenvalue weighted by Gasteiger charge is -2.22. The molecule has 23 heavy (non-hydrogen) atoms. The number of thioether (sulfide) groups is 1. The molecular formula is C16H20N4OS2. The molecule has 7 heteroatoms. The lowest BCUT2D eigenvalue weighted by atomic mass is 9.95. The van der Waals surface area contributed by atoms with Crippen molar-refractivity contribution in [2.45, 2.75) is 43.3 Å². The highest BCUT2D eigenvalue weighted by atomic mass is 32.2. The van der Waals surface area contributed by atoms with Gasteiger partial charge < -0.3 is 5.32 Å². The van der Waals surface area contributed by atoms with E-state index in [-0.39, 0.29) is 5.91 Å². The molecule has 0 atom stereocenters. The molecule has 0 bridgehead atoms. The maximum absolute atomic E-state index is 12.0. The summed E-state index contributed by atoms with van der Waals surface area (Å²) < 4.78 is 0. The van der Waals surface area contributed by atoms with Crippen molar-refractivity contribution in [2.75, 3.05) is 5.75 Å². The van der Waals surface area contributed by atoms with E-state index in [1.54, 1.807) is 11.3 Å². The average molecular weight is 348 g/mol. The third kappa shape index (κ3) is 5.21. The van der Waals surface area contributed by atoms with Gasteiger partial charge in [0.15, 0.2) is 0 Å². The van der Waals surface area contributed by atoms with Crippen LogP contribution in [0.2, 0.25) is 0 Å². The molecule has 0 radical (unpaired) electrons. The van der Waals surface area contributed by atoms with Crippen LogP contribution in [0.15, 0.2) is 22.7 Å². The Morgan fingerprint density at radius 1 is 1.39 bits per heavy atom. The maximum Gasteiger partial charge on any atom is 0.230 e. The average Bonchev–Trinajstić information content (AvgIpc) is 3.24. The first-order valence-electron chi connectivity index (χ1n) is 7.86. The topological polar surface area (TPSA) is 70.7 Å². The van der Waals surface area contributed by atoms with Crippen molar-refractivity contribution in [1.82, 2.24) is 20.5 Å². The van der Waals surface area contributed by atoms with E-state index in [9.17, 15) is 4.79 Å². The van der Waals surface area contributed by atoms with Crippen LogP contribution in [0.1, 0.15) is 42.8 Å². The highest BCUT2D eigenvalue weighted by molar-refractivity contribution is 7.99. The van der Waals surface area contributed by atoms with Gasteiger partial charge >= 0.3 is 0 Å². The molecule has 3 rings (SSSR count). The quantitative estimate of drug-likeness (QED) is 0.783. The predicted octanol–water partition coefficient (Wildman–Crippen LogP) is 3.58. The Morgan fingerprint density at radius 2 is 2.26 bits per heavy atom. The van der Waals surface area contributed by atoms with E-state index in [0.29, 0.717) is 22.8 Å². The zero-order chi connectivity index (χ0) is 15.9. The zero-order valence-corrected chi connectivity index (χ0v) is 14.5. The van der Waals surface area contributed by atoms with Gasteiger partial charge in [-0.2, -0.15) is 0 Å². The van der Waals surface area contributed by atoms with Crippen molar-refractivity contribution in [3.63, 3.8) is 0 Å². The van der Waals surface area contributed by atoms with E-state index >= 15 is 0 Å². The molecule has 5 nitrogen and oxygen atoms in total. The van der Waals surface area contributed by atoms with Crippen LogP contribution in [-0.4, -0.2) is 32.9 Å². The zero-order valence-electron chi connectivity index (χ0n) is 12.8. The highest BCUT2D eigenvalue weighted by Gasteiger charge is 2.16. The summed E-state index contributed by atoms with van der Waals surface area (Å²) in [6, 6.07) is 4.41. The first kappa shape index (κ1) is 16.3. The third-order valence-corrected chi connectivity index (χ3v) is 5.42. The lowest BCUT2D eigenvalue weighted by molar-refractivity contribution is -0.119. The van der Waals surface area contributed by atoms with Crippen molar-refractivity contribution < 1.29 is 4.79 Å². The summed E-state index contributed by atoms with van der Waals surface area (Å²) in [4.78, 5) is 17.5. The molecule has 122 valence electrons. The van der Waals surface area contributed by atoms with Crippen LogP contribution in [0, 0.1) is 0 Å². The Hall–Kier alpha value is -1.60. The molecule has 2 aromatic heterocycles. The Balaban J connectivity index is 1.44. The number of hydrogen-bond donors (Lipinski definition) is 2. The largest absolute Gasteiger partial charge is 0.353 e. The van der Waals surface area contributed by atoms with Crippen LogP contribution in [-0.2, 0) is 4.79 Å². The smallest absolute Gasteiger partial charge is 0.230 e. The second-order valence-corrected chi connectivity index (χ2v) is 7.46. The van der Waals surface area contributed by atoms with Crippen molar-refractivity contribution in [3.8, 4) is 0 Å². The first-order valence-corrected chi connectivity index (χ1v) is 9.72. The van der Waals surface area contributed by atoms with Crippen molar-refractivity contribution in [2.24, 2.45) is 0 Å². The second-order valence-electron chi connectivity index (χ2n) is 5.54. The van der Waals surface area contributed by atoms with Crippen LogP contribution in [0.4, 0.5) is 0 Å². The van der Waals surface area contributed by atoms with Gasteiger partial charge in [-0.3, -0.25) is 9.89 Å². The van der Waals surface area contributed by atoms with E-state index in [4.69, 9.17) is 0 Å². The molecule has 1 saturated carbocycles. The number of thiophene rings is 1. The van der Waals surface area contributed by atoms with Gasteiger partial charge in [-0.15, -0.1) is 16.4 Å². The van der Waals surface area contributed by atoms with Gasteiger partial charge in [0, 0.05) is 10.9 Å². The van der Waals surface area contributed by atoms with Gasteiger partial charge in [-0.1, -0.05) is 37.1 Å². The Bertz CT molecular complexity index is 645. The minimum atomic E-state index is 0.0716. The van der Waals surface area contributed by atoms with Crippen molar-refractivity contribution in [1.29, 1.82) is 0 Å². The number of H-pyrrole nitrogens is 1. The van der Waals surface area contributed by atoms with Gasteiger partial charge in [-0.25, -0.2) is 4.98 Å². The Labute approximate surface area is 144 Å². The van der Waals surface area contributed by atoms with Crippen molar-refractivity contribution >= 4 is 41.2 Å². The minimum Gasteiger partial charge on any atom is -0.353 e. The van der Waals surface area contributed by atoms with Gasteiger partial charge in [0.25, 0.3) is 0 Å². The molecule has 0 aromatic carbocycles. The standard InChI is InChI=1S/C16H20N4OS2/c21-15(17-12-5-2-1-3-6-12)11-23-16-18-14(19-20-16)9-8-13-7-4-10-22-13/h4,7-10,12H,1-3,5-6,11H2,(H,17,21)(H,18,19,20)/b9-8+. The Morgan fingerprint density at radius 3 is 3.04 bits per heavy atom. The summed E-state index contributed by atoms with van der Waals surface area (Å²) in [5.41, 5.74) is 0. The molecule has 0 saturated heterocycles. The number of carbonyl (C=O) groups excluding carboxylic acids is 1. The number of aromatic amines is 1. The normalized spacial score (nSPS) is 16.0. The fourth-order valence-electron chi connectivity index (χ4n) is 2.59. The number of amides is 1. The molecule has 0 spiro atoms. The van der Waals surface area contributed by atoms with Crippen molar-refractivity contribution in [3.05, 3.63) is 28.2 Å². The predicted molar refractivity (Wildman–Crippen MR) is 95.4 cm³/mol. The maximum atomic E-state index is 12.0. The fraction of sp³-hybridized carbons (Fsp3) is 0.438. The van der Waals surface area contributed by atoms with E-state index in [2.05, 4.69) is 20.5 Å². The van der Waals surface area contributed by atoms with Crippen LogP contribution in [0.25, 0.3) is 12.2 Å². The van der Waals surface area contributed by atoms with E-state index in [1.807, 2.05) is 29.7 Å². The number of carbonyl (C=O) groups is 1. The highest BCUT2D eigenvalue weighted by Crippen LogP contribution is 2.18. The summed E-state index contributed by atoms with van der Waals surface area (Å²) in [7, 11) is 0. The van der Waals surface area contributed by atoms with Gasteiger partial charge in [0.2, 0.25) is 11.1 Å². The van der Waals surface area contributed by atoms with Gasteiger partial charge in [0.05, 0.1) is 5.75 Å². The molecule has 1 amide bonds. The molecule has 2 aromatic rings. The Kier molecular flexibility index (Phi) is 5.87. The molecule has 1 aliphatic carbocycles. The molecule has 1 fully saturated rings. The first-order chi connectivity index (χ1) is 11.3. The number of aromatic nitrogens is 3. The van der Waals surface area contributed by atoms with Crippen LogP contribution >= 0.6 is 23.1 Å². The molecular weight excluding hydrogens is 328 g/mol. The van der Waals surface area contributed by atoms with Crippen LogP contribution < -0.4 is 5.32 Å². The summed E-state index contributed by atoms with van der Waals surface area (Å²) >= 11 is 3.04. The van der Waals surface area contributed by atoms with Gasteiger partial charge in [-0.05, 0) is 36.4 Å². The number of nitrogens with zero attached hydrogens (tertiary/aromatic N) is 2. The monoisotopic (exact) mass is 348 g/mol. The van der Waals surface area contributed by atoms with Crippen LogP contribution in [0.3, 0.4) is 0 Å². The van der Waals surface area contributed by atoms with E-state index < -0.39 is 0 Å². The van der Waals surface area contributed by atoms with Crippen LogP contribution in [0.5, 0.6) is 0 Å². The molecule has 1 aliphatic rings. The van der Waals surface area contributed by atoms with Gasteiger partial charge in [0.1, 0.15) is 5.82 Å². The second kappa shape index (κ2) is 8.31. The SMILES string of the molecule is O=C(CSc1n[nH]c(/C=C/c2cccs2)n1)NC1CCCCC1. The van der Waals surface area contributed by atoms with E-state index in [0.717, 1.165) is 12.8 Å². The lowest BCUT2D eigenvalue weighted by Crippen LogP contribution is -2.37. The summed E-state index contributed by atoms with van der Waals surface area (Å²) in [6.07, 6.45) is 9.84. The fourth-order valence-corrected chi connectivity index (χ4v) is 3.83. The van der Waals surface area contributed by atoms with E-state index in [1.165, 1.54) is 35.9 Å². The third-order valence-electron chi connectivity index (χ3n) is 3.73. The summed E-state index contributed by atoms with van der Waals surface area (Å²) in [5.74, 6) is 1.14. The number of rotatable bonds is 6. The molecule has 0 unspecified atom stereocenters. The molecule has 2 N–H and O–H groups in total. The summed E-state index contributed by atoms with van der Waals surface area (Å²) in [5, 5.41) is 12.8. The minimum absolute atomic E-state index is 0.0716.